The zero-order valence-electron chi connectivity index (χ0n) is 20.2. The lowest BCUT2D eigenvalue weighted by Crippen LogP contribution is -2.13. The average Bonchev–Trinajstić information content (AvgIpc) is 3.56. The van der Waals surface area contributed by atoms with Gasteiger partial charge in [-0.2, -0.15) is 5.21 Å². The van der Waals surface area contributed by atoms with Crippen molar-refractivity contribution in [1.82, 2.24) is 35.4 Å². The number of aryl methyl sites for hydroxylation is 1. The fourth-order valence-electron chi connectivity index (χ4n) is 4.94. The van der Waals surface area contributed by atoms with E-state index in [1.165, 1.54) is 19.3 Å². The molecule has 0 radical (unpaired) electrons. The molecule has 1 aliphatic rings. The molecule has 5 rings (SSSR count). The third-order valence-electron chi connectivity index (χ3n) is 6.78. The highest BCUT2D eigenvalue weighted by molar-refractivity contribution is 5.92. The number of carbonyl (C=O) groups is 1. The van der Waals surface area contributed by atoms with Crippen LogP contribution in [0.15, 0.2) is 48.5 Å². The first-order chi connectivity index (χ1) is 17.2. The molecule has 2 heterocycles. The van der Waals surface area contributed by atoms with Gasteiger partial charge in [0, 0.05) is 18.4 Å². The number of H-pyrrole nitrogens is 1. The summed E-state index contributed by atoms with van der Waals surface area (Å²) in [4.78, 5) is 17.6. The third kappa shape index (κ3) is 5.37. The summed E-state index contributed by atoms with van der Waals surface area (Å²) in [7, 11) is 0. The second-order valence-electron chi connectivity index (χ2n) is 9.37. The minimum Gasteiger partial charge on any atom is -0.291 e. The van der Waals surface area contributed by atoms with Gasteiger partial charge in [-0.05, 0) is 34.2 Å². The lowest BCUT2D eigenvalue weighted by molar-refractivity contribution is 0.0939. The maximum absolute atomic E-state index is 12.9. The van der Waals surface area contributed by atoms with Crippen molar-refractivity contribution in [2.75, 3.05) is 0 Å². The van der Waals surface area contributed by atoms with E-state index >= 15 is 0 Å². The number of nitrogens with one attached hydrogen (secondary N) is 1. The Bertz CT molecular complexity index is 1260. The highest BCUT2D eigenvalue weighted by Gasteiger charge is 2.22. The van der Waals surface area contributed by atoms with E-state index in [1.54, 1.807) is 0 Å². The Hall–Kier alpha value is -3.68. The van der Waals surface area contributed by atoms with Crippen LogP contribution in [0.4, 0.5) is 0 Å². The van der Waals surface area contributed by atoms with Gasteiger partial charge in [-0.25, -0.2) is 9.67 Å². The van der Waals surface area contributed by atoms with Crippen molar-refractivity contribution in [3.05, 3.63) is 65.7 Å². The molecule has 2 aromatic carbocycles. The molecular formula is C27H31N7O. The molecule has 0 spiro atoms. The second kappa shape index (κ2) is 10.7. The van der Waals surface area contributed by atoms with Crippen LogP contribution >= 0.6 is 0 Å². The predicted octanol–water partition coefficient (Wildman–Crippen LogP) is 5.28. The zero-order chi connectivity index (χ0) is 24.0. The summed E-state index contributed by atoms with van der Waals surface area (Å²) < 4.78 is 1.90. The van der Waals surface area contributed by atoms with E-state index in [0.29, 0.717) is 30.5 Å². The summed E-state index contributed by atoms with van der Waals surface area (Å²) in [5.41, 5.74) is 4.16. The molecule has 2 aromatic heterocycles. The van der Waals surface area contributed by atoms with Crippen molar-refractivity contribution in [2.24, 2.45) is 5.92 Å². The highest BCUT2D eigenvalue weighted by Crippen LogP contribution is 2.30. The second-order valence-corrected chi connectivity index (χ2v) is 9.37. The van der Waals surface area contributed by atoms with Crippen LogP contribution in [0.25, 0.3) is 22.5 Å². The van der Waals surface area contributed by atoms with E-state index in [0.717, 1.165) is 53.8 Å². The Morgan fingerprint density at radius 3 is 2.51 bits per heavy atom. The molecule has 0 saturated heterocycles. The summed E-state index contributed by atoms with van der Waals surface area (Å²) in [6, 6.07) is 16.4. The van der Waals surface area contributed by atoms with E-state index in [1.807, 2.05) is 22.9 Å². The van der Waals surface area contributed by atoms with Crippen LogP contribution in [0.3, 0.4) is 0 Å². The fraction of sp³-hybridized carbons (Fsp3) is 0.407. The molecule has 1 aliphatic carbocycles. The predicted molar refractivity (Wildman–Crippen MR) is 134 cm³/mol. The largest absolute Gasteiger partial charge is 0.291 e. The number of Topliss-reactive ketones (excluding diaryl/α,β-unsaturated/α-hetero) is 1. The molecular weight excluding hydrogens is 438 g/mol. The van der Waals surface area contributed by atoms with Gasteiger partial charge in [0.05, 0.1) is 6.54 Å². The zero-order valence-corrected chi connectivity index (χ0v) is 20.2. The smallest absolute Gasteiger partial charge is 0.217 e. The van der Waals surface area contributed by atoms with Crippen molar-refractivity contribution in [3.8, 4) is 22.5 Å². The van der Waals surface area contributed by atoms with Gasteiger partial charge in [-0.3, -0.25) is 4.79 Å². The normalized spacial score (nSPS) is 14.3. The first kappa shape index (κ1) is 23.1. The molecule has 0 atom stereocenters. The molecule has 0 amide bonds. The van der Waals surface area contributed by atoms with Crippen LogP contribution in [-0.2, 0) is 13.0 Å². The van der Waals surface area contributed by atoms with Crippen LogP contribution < -0.4 is 0 Å². The van der Waals surface area contributed by atoms with E-state index < -0.39 is 0 Å². The lowest BCUT2D eigenvalue weighted by Gasteiger charge is -2.19. The monoisotopic (exact) mass is 469 g/mol. The van der Waals surface area contributed by atoms with Gasteiger partial charge in [0.25, 0.3) is 0 Å². The number of aromatic nitrogens is 7. The standard InChI is InChI=1S/C27H31N7O/c1-2-8-25-28-27(24(35)17-19-9-4-3-5-10-19)31-34(25)18-20-13-15-21(16-14-20)22-11-6-7-12-23(22)26-29-32-33-30-26/h6-7,11-16,19H,2-5,8-10,17-18H2,1H3,(H,29,30,32,33). The van der Waals surface area contributed by atoms with E-state index in [9.17, 15) is 4.79 Å². The summed E-state index contributed by atoms with van der Waals surface area (Å²) in [6.07, 6.45) is 8.39. The molecule has 0 bridgehead atoms. The van der Waals surface area contributed by atoms with Gasteiger partial charge < -0.3 is 0 Å². The average molecular weight is 470 g/mol. The van der Waals surface area contributed by atoms with Crippen molar-refractivity contribution < 1.29 is 4.79 Å². The molecule has 0 unspecified atom stereocenters. The number of ketones is 1. The SMILES string of the molecule is CCCc1nc(C(=O)CC2CCCCC2)nn1Cc1ccc(-c2ccccc2-c2nn[nH]n2)cc1. The molecule has 1 saturated carbocycles. The third-order valence-corrected chi connectivity index (χ3v) is 6.78. The minimum absolute atomic E-state index is 0.0847. The molecule has 4 aromatic rings. The Morgan fingerprint density at radius 1 is 1.03 bits per heavy atom. The summed E-state index contributed by atoms with van der Waals surface area (Å²) >= 11 is 0. The van der Waals surface area contributed by atoms with Gasteiger partial charge in [0.2, 0.25) is 17.4 Å². The van der Waals surface area contributed by atoms with Crippen LogP contribution in [0.2, 0.25) is 0 Å². The first-order valence-corrected chi connectivity index (χ1v) is 12.6. The Kier molecular flexibility index (Phi) is 7.07. The lowest BCUT2D eigenvalue weighted by atomic mass is 9.86. The molecule has 1 fully saturated rings. The van der Waals surface area contributed by atoms with Gasteiger partial charge >= 0.3 is 0 Å². The number of hydrogen-bond acceptors (Lipinski definition) is 6. The van der Waals surface area contributed by atoms with Gasteiger partial charge in [0.15, 0.2) is 0 Å². The minimum atomic E-state index is 0.0847. The Balaban J connectivity index is 1.34. The molecule has 8 heteroatoms. The number of hydrogen-bond donors (Lipinski definition) is 1. The van der Waals surface area contributed by atoms with Gasteiger partial charge in [0.1, 0.15) is 5.82 Å². The topological polar surface area (TPSA) is 102 Å². The van der Waals surface area contributed by atoms with Crippen molar-refractivity contribution in [3.63, 3.8) is 0 Å². The Morgan fingerprint density at radius 2 is 1.80 bits per heavy atom. The summed E-state index contributed by atoms with van der Waals surface area (Å²) in [5.74, 6) is 2.40. The number of tetrazole rings is 1. The van der Waals surface area contributed by atoms with Crippen LogP contribution in [0, 0.1) is 5.92 Å². The van der Waals surface area contributed by atoms with Gasteiger partial charge in [-0.1, -0.05) is 87.6 Å². The van der Waals surface area contributed by atoms with Crippen molar-refractivity contribution in [2.45, 2.75) is 64.8 Å². The number of benzene rings is 2. The molecule has 1 N–H and O–H groups in total. The van der Waals surface area contributed by atoms with Crippen LogP contribution in [0.5, 0.6) is 0 Å². The molecule has 180 valence electrons. The van der Waals surface area contributed by atoms with Crippen LogP contribution in [-0.4, -0.2) is 41.2 Å². The van der Waals surface area contributed by atoms with Gasteiger partial charge in [-0.15, -0.1) is 15.3 Å². The molecule has 0 aliphatic heterocycles. The fourth-order valence-corrected chi connectivity index (χ4v) is 4.94. The molecule has 35 heavy (non-hydrogen) atoms. The number of carbonyl (C=O) groups excluding carboxylic acids is 1. The summed E-state index contributed by atoms with van der Waals surface area (Å²) in [5, 5.41) is 19.1. The number of nitrogens with zero attached hydrogens (tertiary/aromatic N) is 6. The van der Waals surface area contributed by atoms with Crippen molar-refractivity contribution >= 4 is 5.78 Å². The molecule has 8 nitrogen and oxygen atoms in total. The van der Waals surface area contributed by atoms with Crippen LogP contribution in [0.1, 0.15) is 73.9 Å². The summed E-state index contributed by atoms with van der Waals surface area (Å²) in [6.45, 7) is 2.71. The number of aromatic amines is 1. The van der Waals surface area contributed by atoms with Crippen molar-refractivity contribution in [1.29, 1.82) is 0 Å². The van der Waals surface area contributed by atoms with E-state index in [2.05, 4.69) is 68.0 Å². The highest BCUT2D eigenvalue weighted by atomic mass is 16.1. The van der Waals surface area contributed by atoms with E-state index in [-0.39, 0.29) is 5.78 Å². The first-order valence-electron chi connectivity index (χ1n) is 12.6. The van der Waals surface area contributed by atoms with E-state index in [4.69, 9.17) is 0 Å². The maximum Gasteiger partial charge on any atom is 0.217 e. The maximum atomic E-state index is 12.9. The number of rotatable bonds is 9. The quantitative estimate of drug-likeness (QED) is 0.335. The Labute approximate surface area is 205 Å².